The third-order valence-corrected chi connectivity index (χ3v) is 4.13. The molecule has 1 amide bonds. The SMILES string of the molecule is O=C(COC(=S)NCc1ccccc1Br)Nc1ccccc1[N+](=O)[O-]. The minimum Gasteiger partial charge on any atom is -0.461 e. The predicted octanol–water partition coefficient (Wildman–Crippen LogP) is 3.39. The Morgan fingerprint density at radius 2 is 1.88 bits per heavy atom. The van der Waals surface area contributed by atoms with E-state index in [0.717, 1.165) is 10.0 Å². The number of rotatable bonds is 6. The van der Waals surface area contributed by atoms with Gasteiger partial charge in [-0.25, -0.2) is 0 Å². The number of ether oxygens (including phenoxy) is 1. The molecule has 0 heterocycles. The van der Waals surface area contributed by atoms with Crippen LogP contribution in [0.5, 0.6) is 0 Å². The summed E-state index contributed by atoms with van der Waals surface area (Å²) in [7, 11) is 0. The highest BCUT2D eigenvalue weighted by molar-refractivity contribution is 9.10. The van der Waals surface area contributed by atoms with Crippen LogP contribution < -0.4 is 10.6 Å². The molecule has 9 heteroatoms. The minimum absolute atomic E-state index is 0.0634. The number of benzene rings is 2. The van der Waals surface area contributed by atoms with Crippen molar-refractivity contribution in [3.05, 3.63) is 68.7 Å². The summed E-state index contributed by atoms with van der Waals surface area (Å²) in [5, 5.41) is 16.3. The summed E-state index contributed by atoms with van der Waals surface area (Å²) in [5.74, 6) is -0.542. The molecule has 0 spiro atoms. The van der Waals surface area contributed by atoms with Gasteiger partial charge >= 0.3 is 0 Å². The Morgan fingerprint density at radius 3 is 2.60 bits per heavy atom. The standard InChI is InChI=1S/C16H14BrN3O4S/c17-12-6-2-1-5-11(12)9-18-16(25)24-10-15(21)19-13-7-3-4-8-14(13)20(22)23/h1-8H,9-10H2,(H,18,25)(H,19,21). The number of anilines is 1. The normalized spacial score (nSPS) is 9.96. The van der Waals surface area contributed by atoms with E-state index in [1.54, 1.807) is 6.07 Å². The Morgan fingerprint density at radius 1 is 1.20 bits per heavy atom. The van der Waals surface area contributed by atoms with Gasteiger partial charge in [-0.1, -0.05) is 46.3 Å². The van der Waals surface area contributed by atoms with Gasteiger partial charge in [0.2, 0.25) is 0 Å². The summed E-state index contributed by atoms with van der Waals surface area (Å²) < 4.78 is 6.09. The van der Waals surface area contributed by atoms with Gasteiger partial charge in [0.15, 0.2) is 6.61 Å². The van der Waals surface area contributed by atoms with Crippen LogP contribution >= 0.6 is 28.1 Å². The van der Waals surface area contributed by atoms with Crippen LogP contribution in [0, 0.1) is 10.1 Å². The molecule has 0 aliphatic heterocycles. The second-order valence-electron chi connectivity index (χ2n) is 4.84. The first kappa shape index (κ1) is 18.8. The molecule has 0 fully saturated rings. The van der Waals surface area contributed by atoms with Crippen molar-refractivity contribution in [2.75, 3.05) is 11.9 Å². The second-order valence-corrected chi connectivity index (χ2v) is 6.07. The molecule has 0 saturated carbocycles. The van der Waals surface area contributed by atoms with Gasteiger partial charge in [0.05, 0.1) is 4.92 Å². The van der Waals surface area contributed by atoms with Gasteiger partial charge in [0.1, 0.15) is 5.69 Å². The van der Waals surface area contributed by atoms with Crippen LogP contribution in [0.1, 0.15) is 5.56 Å². The number of nitro groups is 1. The average molecular weight is 424 g/mol. The highest BCUT2D eigenvalue weighted by atomic mass is 79.9. The molecular formula is C16H14BrN3O4S. The van der Waals surface area contributed by atoms with Gasteiger partial charge in [0.25, 0.3) is 16.8 Å². The van der Waals surface area contributed by atoms with Gasteiger partial charge in [0, 0.05) is 17.1 Å². The predicted molar refractivity (Wildman–Crippen MR) is 101 cm³/mol. The molecule has 2 aromatic carbocycles. The molecule has 25 heavy (non-hydrogen) atoms. The number of nitro benzene ring substituents is 1. The Balaban J connectivity index is 1.81. The number of hydrogen-bond donors (Lipinski definition) is 2. The number of para-hydroxylation sites is 2. The molecule has 0 aliphatic rings. The molecule has 0 atom stereocenters. The van der Waals surface area contributed by atoms with Crippen LogP contribution in [0.2, 0.25) is 0 Å². The van der Waals surface area contributed by atoms with E-state index in [1.165, 1.54) is 18.2 Å². The van der Waals surface area contributed by atoms with E-state index in [2.05, 4.69) is 26.6 Å². The number of thiocarbonyl (C=S) groups is 1. The lowest BCUT2D eigenvalue weighted by molar-refractivity contribution is -0.383. The lowest BCUT2D eigenvalue weighted by Crippen LogP contribution is -2.28. The van der Waals surface area contributed by atoms with Gasteiger partial charge in [-0.3, -0.25) is 14.9 Å². The fraction of sp³-hybridized carbons (Fsp3) is 0.125. The first-order valence-electron chi connectivity index (χ1n) is 7.14. The molecule has 130 valence electrons. The lowest BCUT2D eigenvalue weighted by atomic mass is 10.2. The average Bonchev–Trinajstić information content (AvgIpc) is 2.59. The van der Waals surface area contributed by atoms with Crippen molar-refractivity contribution in [1.82, 2.24) is 5.32 Å². The van der Waals surface area contributed by atoms with E-state index in [-0.39, 0.29) is 23.2 Å². The molecule has 0 saturated heterocycles. The Hall–Kier alpha value is -2.52. The lowest BCUT2D eigenvalue weighted by Gasteiger charge is -2.11. The number of amides is 1. The van der Waals surface area contributed by atoms with Crippen molar-refractivity contribution in [2.45, 2.75) is 6.54 Å². The fourth-order valence-electron chi connectivity index (χ4n) is 1.92. The Labute approximate surface area is 157 Å². The van der Waals surface area contributed by atoms with Crippen LogP contribution in [0.25, 0.3) is 0 Å². The first-order chi connectivity index (χ1) is 12.0. The van der Waals surface area contributed by atoms with Crippen LogP contribution in [-0.2, 0) is 16.1 Å². The molecule has 0 bridgehead atoms. The minimum atomic E-state index is -0.569. The van der Waals surface area contributed by atoms with Gasteiger partial charge in [-0.2, -0.15) is 0 Å². The number of carbonyl (C=O) groups is 1. The van der Waals surface area contributed by atoms with Crippen molar-refractivity contribution in [2.24, 2.45) is 0 Å². The van der Waals surface area contributed by atoms with Gasteiger partial charge < -0.3 is 15.4 Å². The Kier molecular flexibility index (Phi) is 6.84. The van der Waals surface area contributed by atoms with E-state index < -0.39 is 10.8 Å². The van der Waals surface area contributed by atoms with Crippen molar-refractivity contribution in [3.8, 4) is 0 Å². The summed E-state index contributed by atoms with van der Waals surface area (Å²) in [6, 6.07) is 13.5. The number of carbonyl (C=O) groups excluding carboxylic acids is 1. The zero-order valence-corrected chi connectivity index (χ0v) is 15.3. The summed E-state index contributed by atoms with van der Waals surface area (Å²) >= 11 is 8.43. The second kappa shape index (κ2) is 9.09. The van der Waals surface area contributed by atoms with Crippen molar-refractivity contribution in [1.29, 1.82) is 0 Å². The molecule has 2 aromatic rings. The Bertz CT molecular complexity index is 800. The number of halogens is 1. The van der Waals surface area contributed by atoms with Gasteiger partial charge in [-0.05, 0) is 29.9 Å². The number of hydrogen-bond acceptors (Lipinski definition) is 5. The molecular weight excluding hydrogens is 410 g/mol. The maximum Gasteiger partial charge on any atom is 0.292 e. The van der Waals surface area contributed by atoms with Crippen LogP contribution in [0.4, 0.5) is 11.4 Å². The van der Waals surface area contributed by atoms with Crippen LogP contribution in [0.15, 0.2) is 53.0 Å². The van der Waals surface area contributed by atoms with E-state index in [1.807, 2.05) is 24.3 Å². The monoisotopic (exact) mass is 423 g/mol. The first-order valence-corrected chi connectivity index (χ1v) is 8.35. The summed E-state index contributed by atoms with van der Waals surface area (Å²) in [5.41, 5.74) is 0.900. The summed E-state index contributed by atoms with van der Waals surface area (Å²) in [6.45, 7) is 0.0832. The highest BCUT2D eigenvalue weighted by Gasteiger charge is 2.15. The van der Waals surface area contributed by atoms with E-state index in [0.29, 0.717) is 6.54 Å². The van der Waals surface area contributed by atoms with E-state index >= 15 is 0 Å². The molecule has 0 aliphatic carbocycles. The number of nitrogens with one attached hydrogen (secondary N) is 2. The summed E-state index contributed by atoms with van der Waals surface area (Å²) in [4.78, 5) is 22.2. The van der Waals surface area contributed by atoms with Crippen molar-refractivity contribution >= 4 is 50.6 Å². The van der Waals surface area contributed by atoms with Crippen LogP contribution in [-0.4, -0.2) is 22.6 Å². The largest absolute Gasteiger partial charge is 0.461 e. The molecule has 7 nitrogen and oxygen atoms in total. The van der Waals surface area contributed by atoms with Crippen molar-refractivity contribution < 1.29 is 14.5 Å². The molecule has 0 unspecified atom stereocenters. The van der Waals surface area contributed by atoms with E-state index in [9.17, 15) is 14.9 Å². The fourth-order valence-corrected chi connectivity index (χ4v) is 2.47. The third kappa shape index (κ3) is 5.80. The maximum absolute atomic E-state index is 11.9. The van der Waals surface area contributed by atoms with E-state index in [4.69, 9.17) is 17.0 Å². The molecule has 0 radical (unpaired) electrons. The molecule has 2 rings (SSSR count). The number of nitrogens with zero attached hydrogens (tertiary/aromatic N) is 1. The highest BCUT2D eigenvalue weighted by Crippen LogP contribution is 2.22. The third-order valence-electron chi connectivity index (χ3n) is 3.09. The zero-order valence-electron chi connectivity index (χ0n) is 12.9. The summed E-state index contributed by atoms with van der Waals surface area (Å²) in [6.07, 6.45) is 0. The maximum atomic E-state index is 11.9. The quantitative estimate of drug-likeness (QED) is 0.420. The topological polar surface area (TPSA) is 93.5 Å². The van der Waals surface area contributed by atoms with Gasteiger partial charge in [-0.15, -0.1) is 0 Å². The molecule has 0 aromatic heterocycles. The molecule has 2 N–H and O–H groups in total. The smallest absolute Gasteiger partial charge is 0.292 e. The van der Waals surface area contributed by atoms with Crippen LogP contribution in [0.3, 0.4) is 0 Å². The van der Waals surface area contributed by atoms with Crippen molar-refractivity contribution in [3.63, 3.8) is 0 Å². The zero-order chi connectivity index (χ0) is 18.2.